The van der Waals surface area contributed by atoms with Crippen LogP contribution in [-0.4, -0.2) is 16.0 Å². The number of hydrogen-bond donors (Lipinski definition) is 2. The molecule has 0 radical (unpaired) electrons. The Balaban J connectivity index is 2.70. The average Bonchev–Trinajstić information content (AvgIpc) is 2.12. The second-order valence-electron chi connectivity index (χ2n) is 3.26. The molecule has 1 rings (SSSR count). The van der Waals surface area contributed by atoms with Crippen molar-refractivity contribution in [3.8, 4) is 0 Å². The van der Waals surface area contributed by atoms with E-state index < -0.39 is 0 Å². The van der Waals surface area contributed by atoms with Crippen LogP contribution in [0.25, 0.3) is 0 Å². The fourth-order valence-electron chi connectivity index (χ4n) is 1.22. The molecule has 1 atom stereocenters. The van der Waals surface area contributed by atoms with Gasteiger partial charge in [0.05, 0.1) is 6.20 Å². The van der Waals surface area contributed by atoms with Crippen LogP contribution in [0.2, 0.25) is 5.02 Å². The number of hydrogen-bond acceptors (Lipinski definition) is 4. The highest BCUT2D eigenvalue weighted by Crippen LogP contribution is 2.19. The van der Waals surface area contributed by atoms with Crippen LogP contribution < -0.4 is 11.1 Å². The largest absolute Gasteiger partial charge is 0.368 e. The van der Waals surface area contributed by atoms with Gasteiger partial charge < -0.3 is 11.1 Å². The third kappa shape index (κ3) is 3.03. The van der Waals surface area contributed by atoms with Crippen molar-refractivity contribution in [2.45, 2.75) is 32.7 Å². The van der Waals surface area contributed by atoms with E-state index in [4.69, 9.17) is 17.3 Å². The number of nitrogen functional groups attached to an aromatic ring is 1. The summed E-state index contributed by atoms with van der Waals surface area (Å²) in [5.74, 6) is 0.848. The van der Waals surface area contributed by atoms with Crippen molar-refractivity contribution in [1.29, 1.82) is 0 Å². The van der Waals surface area contributed by atoms with Crippen LogP contribution in [0.4, 0.5) is 11.8 Å². The van der Waals surface area contributed by atoms with Crippen LogP contribution in [0.3, 0.4) is 0 Å². The minimum absolute atomic E-state index is 0.237. The molecule has 0 fully saturated rings. The van der Waals surface area contributed by atoms with Crippen molar-refractivity contribution in [2.75, 3.05) is 11.1 Å². The van der Waals surface area contributed by atoms with Crippen molar-refractivity contribution >= 4 is 23.4 Å². The summed E-state index contributed by atoms with van der Waals surface area (Å²) in [6, 6.07) is 0.340. The van der Waals surface area contributed by atoms with Gasteiger partial charge in [0.2, 0.25) is 5.95 Å². The summed E-state index contributed by atoms with van der Waals surface area (Å²) in [6.45, 7) is 4.21. The number of nitrogens with one attached hydrogen (secondary N) is 1. The normalized spacial score (nSPS) is 12.5. The maximum atomic E-state index is 5.90. The lowest BCUT2D eigenvalue weighted by Gasteiger charge is -2.14. The standard InChI is InChI=1S/C9H15ClN4/c1-3-4-6(2)13-8-7(10)5-12-9(11)14-8/h5-6H,3-4H2,1-2H3,(H3,11,12,13,14). The molecule has 0 aliphatic rings. The number of halogens is 1. The Hall–Kier alpha value is -1.03. The predicted octanol–water partition coefficient (Wildman–Crippen LogP) is 2.31. The lowest BCUT2D eigenvalue weighted by molar-refractivity contribution is 0.687. The molecule has 0 aliphatic heterocycles. The summed E-state index contributed by atoms with van der Waals surface area (Å²) in [7, 11) is 0. The molecule has 4 nitrogen and oxygen atoms in total. The zero-order valence-corrected chi connectivity index (χ0v) is 9.17. The van der Waals surface area contributed by atoms with Gasteiger partial charge in [0.1, 0.15) is 5.02 Å². The van der Waals surface area contributed by atoms with Crippen LogP contribution in [0.5, 0.6) is 0 Å². The van der Waals surface area contributed by atoms with E-state index in [0.717, 1.165) is 12.8 Å². The molecule has 1 heterocycles. The van der Waals surface area contributed by atoms with Crippen molar-refractivity contribution in [1.82, 2.24) is 9.97 Å². The van der Waals surface area contributed by atoms with Crippen LogP contribution in [-0.2, 0) is 0 Å². The molecule has 0 aliphatic carbocycles. The third-order valence-corrected chi connectivity index (χ3v) is 2.14. The van der Waals surface area contributed by atoms with Gasteiger partial charge in [-0.05, 0) is 13.3 Å². The first-order chi connectivity index (χ1) is 6.63. The first-order valence-corrected chi connectivity index (χ1v) is 5.05. The van der Waals surface area contributed by atoms with Gasteiger partial charge in [0.15, 0.2) is 5.82 Å². The van der Waals surface area contributed by atoms with Crippen molar-refractivity contribution < 1.29 is 0 Å². The lowest BCUT2D eigenvalue weighted by Crippen LogP contribution is -2.16. The highest BCUT2D eigenvalue weighted by molar-refractivity contribution is 6.32. The van der Waals surface area contributed by atoms with E-state index in [-0.39, 0.29) is 5.95 Å². The molecule has 0 amide bonds. The van der Waals surface area contributed by atoms with Gasteiger partial charge >= 0.3 is 0 Å². The van der Waals surface area contributed by atoms with Gasteiger partial charge in [-0.2, -0.15) is 4.98 Å². The van der Waals surface area contributed by atoms with Gasteiger partial charge in [0, 0.05) is 6.04 Å². The molecule has 14 heavy (non-hydrogen) atoms. The van der Waals surface area contributed by atoms with E-state index in [0.29, 0.717) is 16.9 Å². The molecule has 1 aromatic heterocycles. The molecule has 0 spiro atoms. The first-order valence-electron chi connectivity index (χ1n) is 4.68. The topological polar surface area (TPSA) is 63.8 Å². The molecule has 0 saturated heterocycles. The van der Waals surface area contributed by atoms with Gasteiger partial charge in [-0.3, -0.25) is 0 Å². The van der Waals surface area contributed by atoms with Crippen LogP contribution in [0, 0.1) is 0 Å². The number of rotatable bonds is 4. The number of nitrogens with zero attached hydrogens (tertiary/aromatic N) is 2. The minimum Gasteiger partial charge on any atom is -0.368 e. The average molecular weight is 215 g/mol. The molecule has 5 heteroatoms. The van der Waals surface area contributed by atoms with Crippen LogP contribution in [0.15, 0.2) is 6.20 Å². The van der Waals surface area contributed by atoms with E-state index in [2.05, 4.69) is 29.1 Å². The van der Waals surface area contributed by atoms with Gasteiger partial charge in [-0.1, -0.05) is 24.9 Å². The maximum absolute atomic E-state index is 5.90. The summed E-state index contributed by atoms with van der Waals surface area (Å²) in [4.78, 5) is 7.81. The van der Waals surface area contributed by atoms with E-state index in [1.807, 2.05) is 0 Å². The predicted molar refractivity (Wildman–Crippen MR) is 59.4 cm³/mol. The summed E-state index contributed by atoms with van der Waals surface area (Å²) < 4.78 is 0. The second-order valence-corrected chi connectivity index (χ2v) is 3.67. The van der Waals surface area contributed by atoms with E-state index >= 15 is 0 Å². The Labute approximate surface area is 88.9 Å². The molecule has 0 aromatic carbocycles. The Morgan fingerprint density at radius 3 is 3.00 bits per heavy atom. The van der Waals surface area contributed by atoms with Gasteiger partial charge in [-0.25, -0.2) is 4.98 Å². The van der Waals surface area contributed by atoms with Gasteiger partial charge in [0.25, 0.3) is 0 Å². The zero-order chi connectivity index (χ0) is 10.6. The Kier molecular flexibility index (Phi) is 3.95. The molecule has 1 unspecified atom stereocenters. The van der Waals surface area contributed by atoms with Crippen molar-refractivity contribution in [2.24, 2.45) is 0 Å². The number of anilines is 2. The van der Waals surface area contributed by atoms with E-state index in [1.165, 1.54) is 6.20 Å². The second kappa shape index (κ2) is 5.00. The molecule has 0 saturated carbocycles. The monoisotopic (exact) mass is 214 g/mol. The summed E-state index contributed by atoms with van der Waals surface area (Å²) in [5.41, 5.74) is 5.46. The summed E-state index contributed by atoms with van der Waals surface area (Å²) in [5, 5.41) is 3.69. The Bertz CT molecular complexity index is 303. The van der Waals surface area contributed by atoms with E-state index in [1.54, 1.807) is 0 Å². The highest BCUT2D eigenvalue weighted by atomic mass is 35.5. The molecule has 0 bridgehead atoms. The summed E-state index contributed by atoms with van der Waals surface area (Å²) >= 11 is 5.90. The molecular formula is C9H15ClN4. The summed E-state index contributed by atoms with van der Waals surface area (Å²) in [6.07, 6.45) is 3.69. The van der Waals surface area contributed by atoms with Crippen molar-refractivity contribution in [3.05, 3.63) is 11.2 Å². The number of nitrogens with two attached hydrogens (primary N) is 1. The molecule has 1 aromatic rings. The fraction of sp³-hybridized carbons (Fsp3) is 0.556. The third-order valence-electron chi connectivity index (χ3n) is 1.87. The fourth-order valence-corrected chi connectivity index (χ4v) is 1.37. The zero-order valence-electron chi connectivity index (χ0n) is 8.42. The lowest BCUT2D eigenvalue weighted by atomic mass is 10.2. The molecule has 3 N–H and O–H groups in total. The van der Waals surface area contributed by atoms with Crippen LogP contribution in [0.1, 0.15) is 26.7 Å². The minimum atomic E-state index is 0.237. The Morgan fingerprint density at radius 2 is 2.36 bits per heavy atom. The van der Waals surface area contributed by atoms with E-state index in [9.17, 15) is 0 Å². The number of aromatic nitrogens is 2. The van der Waals surface area contributed by atoms with Gasteiger partial charge in [-0.15, -0.1) is 0 Å². The molecule has 78 valence electrons. The SMILES string of the molecule is CCCC(C)Nc1nc(N)ncc1Cl. The smallest absolute Gasteiger partial charge is 0.222 e. The van der Waals surface area contributed by atoms with Crippen LogP contribution >= 0.6 is 11.6 Å². The first kappa shape index (κ1) is 11.0. The quantitative estimate of drug-likeness (QED) is 0.808. The maximum Gasteiger partial charge on any atom is 0.222 e. The molecular weight excluding hydrogens is 200 g/mol. The Morgan fingerprint density at radius 1 is 1.64 bits per heavy atom. The van der Waals surface area contributed by atoms with Crippen molar-refractivity contribution in [3.63, 3.8) is 0 Å². The highest BCUT2D eigenvalue weighted by Gasteiger charge is 2.06.